The summed E-state index contributed by atoms with van der Waals surface area (Å²) in [5.74, 6) is 0.870. The molecule has 0 radical (unpaired) electrons. The maximum atomic E-state index is 5.66. The highest BCUT2D eigenvalue weighted by Gasteiger charge is 2.09. The summed E-state index contributed by atoms with van der Waals surface area (Å²) in [5, 5.41) is 0. The second kappa shape index (κ2) is 6.93. The lowest BCUT2D eigenvalue weighted by molar-refractivity contribution is 0.554. The van der Waals surface area contributed by atoms with Gasteiger partial charge in [-0.2, -0.15) is 0 Å². The van der Waals surface area contributed by atoms with Gasteiger partial charge in [-0.25, -0.2) is 0 Å². The zero-order valence-electron chi connectivity index (χ0n) is 13.4. The zero-order chi connectivity index (χ0) is 16.1. The second-order valence-electron chi connectivity index (χ2n) is 5.45. The van der Waals surface area contributed by atoms with Crippen LogP contribution >= 0.6 is 0 Å². The summed E-state index contributed by atoms with van der Waals surface area (Å²) < 4.78 is 5.66. The van der Waals surface area contributed by atoms with Crippen LogP contribution in [0.3, 0.4) is 0 Å². The Morgan fingerprint density at radius 2 is 1.70 bits per heavy atom. The summed E-state index contributed by atoms with van der Waals surface area (Å²) in [4.78, 5) is 4.20. The molecular weight excluding hydrogens is 282 g/mol. The van der Waals surface area contributed by atoms with E-state index in [4.69, 9.17) is 4.42 Å². The summed E-state index contributed by atoms with van der Waals surface area (Å²) in [6.45, 7) is 4.22. The smallest absolute Gasteiger partial charge is 0.134 e. The van der Waals surface area contributed by atoms with Gasteiger partial charge in [0.05, 0.1) is 6.26 Å². The van der Waals surface area contributed by atoms with Crippen LogP contribution in [0.5, 0.6) is 0 Å². The van der Waals surface area contributed by atoms with E-state index >= 15 is 0 Å². The molecule has 0 saturated heterocycles. The van der Waals surface area contributed by atoms with E-state index in [-0.39, 0.29) is 0 Å². The molecule has 0 aliphatic heterocycles. The van der Waals surface area contributed by atoms with E-state index in [9.17, 15) is 0 Å². The average Bonchev–Trinajstić information content (AvgIpc) is 3.15. The van der Waals surface area contributed by atoms with Gasteiger partial charge in [0.15, 0.2) is 0 Å². The first-order chi connectivity index (χ1) is 11.3. The Balaban J connectivity index is 2.11. The third-order valence-corrected chi connectivity index (χ3v) is 3.88. The first-order valence-electron chi connectivity index (χ1n) is 7.64. The predicted octanol–water partition coefficient (Wildman–Crippen LogP) is 5.71. The van der Waals surface area contributed by atoms with E-state index in [1.165, 1.54) is 11.1 Å². The van der Waals surface area contributed by atoms with Crippen LogP contribution in [0.2, 0.25) is 0 Å². The molecule has 0 amide bonds. The van der Waals surface area contributed by atoms with E-state index in [1.807, 2.05) is 30.5 Å². The van der Waals surface area contributed by atoms with Crippen molar-refractivity contribution in [2.45, 2.75) is 13.8 Å². The van der Waals surface area contributed by atoms with Crippen molar-refractivity contribution in [1.29, 1.82) is 0 Å². The number of nitrogens with zero attached hydrogens (tertiary/aromatic N) is 1. The minimum absolute atomic E-state index is 0.870. The van der Waals surface area contributed by atoms with Crippen LogP contribution in [0.4, 0.5) is 0 Å². The zero-order valence-corrected chi connectivity index (χ0v) is 13.4. The van der Waals surface area contributed by atoms with Gasteiger partial charge in [-0.05, 0) is 60.4 Å². The van der Waals surface area contributed by atoms with Gasteiger partial charge in [0.25, 0.3) is 0 Å². The summed E-state index contributed by atoms with van der Waals surface area (Å²) in [6, 6.07) is 18.3. The molecule has 0 aliphatic rings. The number of aromatic nitrogens is 1. The average molecular weight is 301 g/mol. The molecule has 0 N–H and O–H groups in total. The molecule has 1 aromatic carbocycles. The monoisotopic (exact) mass is 301 g/mol. The molecular formula is C21H19NO. The van der Waals surface area contributed by atoms with E-state index in [0.717, 1.165) is 22.5 Å². The maximum absolute atomic E-state index is 5.66. The quantitative estimate of drug-likeness (QED) is 0.577. The molecule has 2 heteroatoms. The van der Waals surface area contributed by atoms with Gasteiger partial charge in [-0.15, -0.1) is 0 Å². The SMILES string of the molecule is C/C(=C(\C=C(/C)c1cccnc1)c1ccco1)c1ccccc1. The first kappa shape index (κ1) is 15.0. The van der Waals surface area contributed by atoms with E-state index in [1.54, 1.807) is 12.5 Å². The van der Waals surface area contributed by atoms with Crippen LogP contribution < -0.4 is 0 Å². The van der Waals surface area contributed by atoms with Gasteiger partial charge < -0.3 is 4.42 Å². The summed E-state index contributed by atoms with van der Waals surface area (Å²) in [5.41, 5.74) is 5.72. The van der Waals surface area contributed by atoms with Crippen molar-refractivity contribution in [1.82, 2.24) is 4.98 Å². The predicted molar refractivity (Wildman–Crippen MR) is 95.5 cm³/mol. The van der Waals surface area contributed by atoms with Crippen LogP contribution in [0.1, 0.15) is 30.7 Å². The molecule has 23 heavy (non-hydrogen) atoms. The third kappa shape index (κ3) is 3.49. The molecule has 2 nitrogen and oxygen atoms in total. The summed E-state index contributed by atoms with van der Waals surface area (Å²) in [6.07, 6.45) is 7.54. The number of pyridine rings is 1. The Hall–Kier alpha value is -2.87. The Morgan fingerprint density at radius 3 is 2.35 bits per heavy atom. The van der Waals surface area contributed by atoms with Crippen molar-refractivity contribution in [3.8, 4) is 0 Å². The minimum atomic E-state index is 0.870. The molecule has 0 aliphatic carbocycles. The van der Waals surface area contributed by atoms with Gasteiger partial charge in [-0.1, -0.05) is 36.4 Å². The standard InChI is InChI=1S/C21H19NO/c1-16(19-10-6-12-22-15-19)14-20(21-11-7-13-23-21)17(2)18-8-4-3-5-9-18/h3-15H,1-2H3/b16-14+,20-17-. The van der Waals surface area contributed by atoms with Crippen molar-refractivity contribution < 1.29 is 4.42 Å². The Labute approximate surface area is 136 Å². The van der Waals surface area contributed by atoms with E-state index in [0.29, 0.717) is 0 Å². The fourth-order valence-electron chi connectivity index (χ4n) is 2.54. The highest BCUT2D eigenvalue weighted by Crippen LogP contribution is 2.30. The normalized spacial score (nSPS) is 12.9. The minimum Gasteiger partial charge on any atom is -0.464 e. The molecule has 2 heterocycles. The Kier molecular flexibility index (Phi) is 4.53. The van der Waals surface area contributed by atoms with Crippen molar-refractivity contribution in [2.24, 2.45) is 0 Å². The third-order valence-electron chi connectivity index (χ3n) is 3.88. The number of hydrogen-bond donors (Lipinski definition) is 0. The van der Waals surface area contributed by atoms with Crippen LogP contribution in [0.25, 0.3) is 16.7 Å². The number of hydrogen-bond acceptors (Lipinski definition) is 2. The Bertz CT molecular complexity index is 813. The van der Waals surface area contributed by atoms with Crippen molar-refractivity contribution in [3.63, 3.8) is 0 Å². The van der Waals surface area contributed by atoms with Crippen molar-refractivity contribution in [3.05, 3.63) is 96.2 Å². The topological polar surface area (TPSA) is 26.0 Å². The summed E-state index contributed by atoms with van der Waals surface area (Å²) >= 11 is 0. The van der Waals surface area contributed by atoms with Crippen molar-refractivity contribution in [2.75, 3.05) is 0 Å². The highest BCUT2D eigenvalue weighted by atomic mass is 16.3. The fourth-order valence-corrected chi connectivity index (χ4v) is 2.54. The van der Waals surface area contributed by atoms with Gasteiger partial charge in [0, 0.05) is 18.0 Å². The van der Waals surface area contributed by atoms with Crippen LogP contribution in [0.15, 0.2) is 83.7 Å². The largest absolute Gasteiger partial charge is 0.464 e. The van der Waals surface area contributed by atoms with Gasteiger partial charge >= 0.3 is 0 Å². The number of furan rings is 1. The van der Waals surface area contributed by atoms with Gasteiger partial charge in [0.1, 0.15) is 5.76 Å². The molecule has 0 fully saturated rings. The molecule has 3 rings (SSSR count). The molecule has 0 unspecified atom stereocenters. The van der Waals surface area contributed by atoms with E-state index < -0.39 is 0 Å². The summed E-state index contributed by atoms with van der Waals surface area (Å²) in [7, 11) is 0. The van der Waals surface area contributed by atoms with Crippen molar-refractivity contribution >= 4 is 16.7 Å². The molecule has 0 spiro atoms. The maximum Gasteiger partial charge on any atom is 0.134 e. The molecule has 2 aromatic heterocycles. The molecule has 0 bridgehead atoms. The van der Waals surface area contributed by atoms with Crippen LogP contribution in [-0.2, 0) is 0 Å². The lowest BCUT2D eigenvalue weighted by atomic mass is 9.96. The molecule has 114 valence electrons. The molecule has 0 saturated carbocycles. The molecule has 0 atom stereocenters. The number of allylic oxidation sites excluding steroid dienone is 4. The van der Waals surface area contributed by atoms with Gasteiger partial charge in [-0.3, -0.25) is 4.98 Å². The van der Waals surface area contributed by atoms with Crippen LogP contribution in [0, 0.1) is 0 Å². The lowest BCUT2D eigenvalue weighted by Crippen LogP contribution is -1.88. The number of benzene rings is 1. The van der Waals surface area contributed by atoms with Crippen LogP contribution in [-0.4, -0.2) is 4.98 Å². The number of rotatable bonds is 4. The fraction of sp³-hybridized carbons (Fsp3) is 0.0952. The molecule has 3 aromatic rings. The van der Waals surface area contributed by atoms with Gasteiger partial charge in [0.2, 0.25) is 0 Å². The van der Waals surface area contributed by atoms with E-state index in [2.05, 4.69) is 55.2 Å². The Morgan fingerprint density at radius 1 is 0.913 bits per heavy atom. The first-order valence-corrected chi connectivity index (χ1v) is 7.64. The highest BCUT2D eigenvalue weighted by molar-refractivity contribution is 5.96. The second-order valence-corrected chi connectivity index (χ2v) is 5.45. The lowest BCUT2D eigenvalue weighted by Gasteiger charge is -2.09.